The summed E-state index contributed by atoms with van der Waals surface area (Å²) < 4.78 is 175. The molecule has 12 aromatic rings. The molecule has 0 unspecified atom stereocenters. The zero-order valence-corrected chi connectivity index (χ0v) is 42.6. The van der Waals surface area contributed by atoms with E-state index in [1.54, 1.807) is 16.7 Å². The minimum atomic E-state index is -5.29. The fourth-order valence-electron chi connectivity index (χ4n) is 10.3. The zero-order chi connectivity index (χ0) is 58.0. The van der Waals surface area contributed by atoms with E-state index in [2.05, 4.69) is 0 Å². The summed E-state index contributed by atoms with van der Waals surface area (Å²) in [5.74, 6) is 0.573. The third kappa shape index (κ3) is 10.6. The Morgan fingerprint density at radius 3 is 1.01 bits per heavy atom. The van der Waals surface area contributed by atoms with Crippen molar-refractivity contribution >= 4 is 21.8 Å². The average molecular weight is 1130 g/mol. The summed E-state index contributed by atoms with van der Waals surface area (Å²) in [6.45, 7) is 0. The first-order chi connectivity index (χ1) is 39.7. The molecule has 3 aromatic heterocycles. The molecule has 0 spiro atoms. The smallest absolute Gasteiger partial charge is 0.308 e. The SMILES string of the molecule is FC(F)(F)c1ccc(-c2ccc3c(c2)c2cc(-c4ccc(C(F)(F)F)cc4C(F)(F)F)ccc2n3-c2ccc(-c3cc(-c4ccccc4)nc(-c4ccccc4)n3)cc2-c2nc(-c3ccccc3)cc(-c3ccccc3)n2)c(C(F)(F)F)c1. The Kier molecular flexibility index (Phi) is 13.3. The first kappa shape index (κ1) is 53.7. The maximum Gasteiger partial charge on any atom is 0.417 e. The lowest BCUT2D eigenvalue weighted by Crippen LogP contribution is -2.12. The number of hydrogen-bond acceptors (Lipinski definition) is 4. The molecule has 0 saturated carbocycles. The van der Waals surface area contributed by atoms with E-state index in [1.807, 2.05) is 140 Å². The topological polar surface area (TPSA) is 56.5 Å². The van der Waals surface area contributed by atoms with Gasteiger partial charge >= 0.3 is 24.7 Å². The molecule has 5 nitrogen and oxygen atoms in total. The highest BCUT2D eigenvalue weighted by Gasteiger charge is 2.40. The van der Waals surface area contributed by atoms with Gasteiger partial charge in [-0.05, 0) is 95.1 Å². The molecule has 17 heteroatoms. The van der Waals surface area contributed by atoms with E-state index in [9.17, 15) is 52.7 Å². The fourth-order valence-corrected chi connectivity index (χ4v) is 10.3. The number of hydrogen-bond donors (Lipinski definition) is 0. The van der Waals surface area contributed by atoms with Crippen molar-refractivity contribution in [2.45, 2.75) is 24.7 Å². The molecule has 0 saturated heterocycles. The van der Waals surface area contributed by atoms with Gasteiger partial charge < -0.3 is 4.57 Å². The summed E-state index contributed by atoms with van der Waals surface area (Å²) in [6, 6.07) is 56.9. The Morgan fingerprint density at radius 1 is 0.265 bits per heavy atom. The lowest BCUT2D eigenvalue weighted by atomic mass is 9.94. The van der Waals surface area contributed by atoms with Crippen LogP contribution >= 0.6 is 0 Å². The van der Waals surface area contributed by atoms with Crippen molar-refractivity contribution < 1.29 is 52.7 Å². The van der Waals surface area contributed by atoms with Crippen LogP contribution in [-0.4, -0.2) is 24.5 Å². The number of rotatable bonds is 9. The van der Waals surface area contributed by atoms with Gasteiger partial charge in [-0.2, -0.15) is 52.7 Å². The largest absolute Gasteiger partial charge is 0.417 e. The normalized spacial score (nSPS) is 12.3. The van der Waals surface area contributed by atoms with Gasteiger partial charge in [-0.3, -0.25) is 0 Å². The molecule has 0 amide bonds. The first-order valence-corrected chi connectivity index (χ1v) is 25.5. The van der Waals surface area contributed by atoms with Gasteiger partial charge in [0.2, 0.25) is 0 Å². The van der Waals surface area contributed by atoms with Gasteiger partial charge in [0.15, 0.2) is 11.6 Å². The molecule has 0 aliphatic carbocycles. The van der Waals surface area contributed by atoms with Crippen LogP contribution in [0, 0.1) is 0 Å². The second-order valence-corrected chi connectivity index (χ2v) is 19.4. The number of alkyl halides is 12. The molecule has 0 bridgehead atoms. The maximum atomic E-state index is 14.9. The van der Waals surface area contributed by atoms with Gasteiger partial charge in [0.1, 0.15) is 0 Å². The molecule has 0 atom stereocenters. The molecule has 0 radical (unpaired) electrons. The van der Waals surface area contributed by atoms with Crippen LogP contribution in [0.2, 0.25) is 0 Å². The van der Waals surface area contributed by atoms with Crippen LogP contribution in [0.25, 0.3) is 118 Å². The van der Waals surface area contributed by atoms with E-state index < -0.39 is 58.1 Å². The summed E-state index contributed by atoms with van der Waals surface area (Å²) in [5.41, 5.74) is -1.20. The quantitative estimate of drug-likeness (QED) is 0.135. The third-order valence-electron chi connectivity index (χ3n) is 14.2. The summed E-state index contributed by atoms with van der Waals surface area (Å²) in [5, 5.41) is 0.227. The molecule has 0 fully saturated rings. The fraction of sp³-hybridized carbons (Fsp3) is 0.0606. The van der Waals surface area contributed by atoms with Gasteiger partial charge in [0.25, 0.3) is 0 Å². The van der Waals surface area contributed by atoms with Gasteiger partial charge in [0, 0.05) is 44.2 Å². The van der Waals surface area contributed by atoms with Crippen molar-refractivity contribution in [3.8, 4) is 95.7 Å². The number of aromatic nitrogens is 5. The molecule has 0 aliphatic heterocycles. The Morgan fingerprint density at radius 2 is 0.627 bits per heavy atom. The second kappa shape index (κ2) is 20.6. The standard InChI is InChI=1S/C66H37F12N5/c67-63(68,69)45-24-26-47(52(34-45)65(73,74)75)42-21-28-58-49(31-42)50-32-43(48-27-25-46(64(70,71)72)35-53(48)66(76,77)78)22-29-59(50)83(58)60-30-23-44(57-37-54(38-13-5-1-6-14-38)79-61(80-57)41-19-11-4-12-20-41)33-51(60)62-81-55(39-15-7-2-8-16-39)36-56(82-62)40-17-9-3-10-18-40/h1-37H. The van der Waals surface area contributed by atoms with E-state index in [0.717, 1.165) is 22.3 Å². The van der Waals surface area contributed by atoms with Gasteiger partial charge in [0.05, 0.1) is 61.8 Å². The van der Waals surface area contributed by atoms with Crippen molar-refractivity contribution in [3.05, 3.63) is 247 Å². The highest BCUT2D eigenvalue weighted by molar-refractivity contribution is 6.12. The Labute approximate surface area is 464 Å². The van der Waals surface area contributed by atoms with Crippen LogP contribution < -0.4 is 0 Å². The van der Waals surface area contributed by atoms with Crippen molar-refractivity contribution in [2.24, 2.45) is 0 Å². The van der Waals surface area contributed by atoms with Gasteiger partial charge in [-0.25, -0.2) is 19.9 Å². The lowest BCUT2D eigenvalue weighted by molar-refractivity contribution is -0.144. The van der Waals surface area contributed by atoms with E-state index in [-0.39, 0.29) is 50.9 Å². The number of benzene rings is 9. The van der Waals surface area contributed by atoms with E-state index >= 15 is 0 Å². The monoisotopic (exact) mass is 1130 g/mol. The van der Waals surface area contributed by atoms with Crippen molar-refractivity contribution in [1.29, 1.82) is 0 Å². The number of fused-ring (bicyclic) bond motifs is 3. The molecular weight excluding hydrogens is 1090 g/mol. The first-order valence-electron chi connectivity index (χ1n) is 25.5. The Bertz CT molecular complexity index is 4170. The molecule has 3 heterocycles. The zero-order valence-electron chi connectivity index (χ0n) is 42.6. The number of halogens is 12. The molecule has 9 aromatic carbocycles. The Balaban J connectivity index is 1.17. The molecule has 0 N–H and O–H groups in total. The summed E-state index contributed by atoms with van der Waals surface area (Å²) in [7, 11) is 0. The third-order valence-corrected chi connectivity index (χ3v) is 14.2. The van der Waals surface area contributed by atoms with Crippen molar-refractivity contribution in [1.82, 2.24) is 24.5 Å². The molecule has 12 rings (SSSR count). The predicted molar refractivity (Wildman–Crippen MR) is 295 cm³/mol. The van der Waals surface area contributed by atoms with Crippen LogP contribution in [0.15, 0.2) is 224 Å². The van der Waals surface area contributed by atoms with Crippen molar-refractivity contribution in [3.63, 3.8) is 0 Å². The highest BCUT2D eigenvalue weighted by atomic mass is 19.4. The van der Waals surface area contributed by atoms with Crippen LogP contribution in [0.5, 0.6) is 0 Å². The van der Waals surface area contributed by atoms with Crippen LogP contribution in [-0.2, 0) is 24.7 Å². The number of nitrogens with zero attached hydrogens (tertiary/aromatic N) is 5. The summed E-state index contributed by atoms with van der Waals surface area (Å²) in [4.78, 5) is 20.4. The second-order valence-electron chi connectivity index (χ2n) is 19.4. The van der Waals surface area contributed by atoms with E-state index in [4.69, 9.17) is 19.9 Å². The average Bonchev–Trinajstić information content (AvgIpc) is 2.02. The molecular formula is C66H37F12N5. The lowest BCUT2D eigenvalue weighted by Gasteiger charge is -2.18. The highest BCUT2D eigenvalue weighted by Crippen LogP contribution is 2.47. The minimum Gasteiger partial charge on any atom is -0.308 e. The molecule has 0 aliphatic rings. The van der Waals surface area contributed by atoms with E-state index in [0.29, 0.717) is 69.7 Å². The van der Waals surface area contributed by atoms with E-state index in [1.165, 1.54) is 36.4 Å². The van der Waals surface area contributed by atoms with Gasteiger partial charge in [-0.1, -0.05) is 152 Å². The summed E-state index contributed by atoms with van der Waals surface area (Å²) >= 11 is 0. The molecule has 83 heavy (non-hydrogen) atoms. The predicted octanol–water partition coefficient (Wildman–Crippen LogP) is 19.8. The van der Waals surface area contributed by atoms with Crippen LogP contribution in [0.4, 0.5) is 52.7 Å². The van der Waals surface area contributed by atoms with Crippen molar-refractivity contribution in [2.75, 3.05) is 0 Å². The molecule has 410 valence electrons. The van der Waals surface area contributed by atoms with Crippen LogP contribution in [0.1, 0.15) is 22.3 Å². The van der Waals surface area contributed by atoms with Crippen LogP contribution in [0.3, 0.4) is 0 Å². The Hall–Kier alpha value is -9.90. The van der Waals surface area contributed by atoms with Gasteiger partial charge in [-0.15, -0.1) is 0 Å². The minimum absolute atomic E-state index is 0.00849. The maximum absolute atomic E-state index is 14.9. The summed E-state index contributed by atoms with van der Waals surface area (Å²) in [6.07, 6.45) is -20.9.